The Morgan fingerprint density at radius 3 is 3.05 bits per heavy atom. The summed E-state index contributed by atoms with van der Waals surface area (Å²) >= 11 is 1.84. The van der Waals surface area contributed by atoms with Crippen LogP contribution in [0, 0.1) is 0 Å². The van der Waals surface area contributed by atoms with Gasteiger partial charge in [0.2, 0.25) is 0 Å². The van der Waals surface area contributed by atoms with Crippen LogP contribution in [0.4, 0.5) is 11.4 Å². The Balaban J connectivity index is 1.86. The lowest BCUT2D eigenvalue weighted by Gasteiger charge is -2.25. The second kappa shape index (κ2) is 5.29. The smallest absolute Gasteiger partial charge is 0.161 e. The number of carbonyl (C=O) groups excluding carboxylic acids is 1. The highest BCUT2D eigenvalue weighted by Gasteiger charge is 2.21. The fraction of sp³-hybridized carbons (Fsp3) is 0.312. The topological polar surface area (TPSA) is 55.1 Å². The number of nitrogens with two attached hydrogens (primary N) is 1. The van der Waals surface area contributed by atoms with E-state index in [4.69, 9.17) is 5.73 Å². The highest BCUT2D eigenvalue weighted by atomic mass is 32.1. The number of nitrogens with one attached hydrogen (secondary N) is 1. The van der Waals surface area contributed by atoms with Crippen molar-refractivity contribution < 1.29 is 4.79 Å². The van der Waals surface area contributed by atoms with Crippen molar-refractivity contribution in [3.05, 3.63) is 45.6 Å². The first-order valence-electron chi connectivity index (χ1n) is 6.88. The summed E-state index contributed by atoms with van der Waals surface area (Å²) in [5.74, 6) is 0.00557. The summed E-state index contributed by atoms with van der Waals surface area (Å²) in [6.07, 6.45) is 3.52. The summed E-state index contributed by atoms with van der Waals surface area (Å²) in [5.41, 5.74) is 9.35. The molecule has 0 aliphatic heterocycles. The highest BCUT2D eigenvalue weighted by molar-refractivity contribution is 7.10. The van der Waals surface area contributed by atoms with Crippen molar-refractivity contribution in [2.75, 3.05) is 11.1 Å². The average Bonchev–Trinajstić information content (AvgIpc) is 2.90. The lowest BCUT2D eigenvalue weighted by atomic mass is 9.93. The Morgan fingerprint density at radius 2 is 2.25 bits per heavy atom. The van der Waals surface area contributed by atoms with Crippen LogP contribution in [0.5, 0.6) is 0 Å². The Hall–Kier alpha value is -1.81. The van der Waals surface area contributed by atoms with Gasteiger partial charge in [-0.25, -0.2) is 0 Å². The minimum Gasteiger partial charge on any atom is -0.398 e. The number of aryl methyl sites for hydroxylation is 1. The number of hydrogen-bond donors (Lipinski definition) is 2. The molecular weight excluding hydrogens is 268 g/mol. The molecule has 1 heterocycles. The van der Waals surface area contributed by atoms with Crippen molar-refractivity contribution in [3.8, 4) is 0 Å². The van der Waals surface area contributed by atoms with Crippen LogP contribution < -0.4 is 11.1 Å². The molecule has 1 aromatic heterocycles. The number of thiophene rings is 1. The summed E-state index contributed by atoms with van der Waals surface area (Å²) in [5, 5.41) is 5.71. The lowest BCUT2D eigenvalue weighted by molar-refractivity contribution is 0.101. The molecule has 0 saturated heterocycles. The number of rotatable bonds is 3. The number of anilines is 2. The normalized spacial score (nSPS) is 17.6. The predicted octanol–water partition coefficient (Wildman–Crippen LogP) is 4.02. The van der Waals surface area contributed by atoms with E-state index in [1.54, 1.807) is 13.0 Å². The van der Waals surface area contributed by atoms with Crippen molar-refractivity contribution in [3.63, 3.8) is 0 Å². The molecule has 3 N–H and O–H groups in total. The Labute approximate surface area is 122 Å². The summed E-state index contributed by atoms with van der Waals surface area (Å²) in [6.45, 7) is 1.55. The zero-order chi connectivity index (χ0) is 14.1. The Kier molecular flexibility index (Phi) is 3.49. The fourth-order valence-electron chi connectivity index (χ4n) is 2.79. The minimum atomic E-state index is 0.00557. The number of nitrogen functional groups attached to an aromatic ring is 1. The molecule has 0 amide bonds. The first kappa shape index (κ1) is 13.2. The maximum Gasteiger partial charge on any atom is 0.161 e. The SMILES string of the molecule is CC(=O)c1cc(NC2CCCc3sccc32)ccc1N. The third-order valence-corrected chi connectivity index (χ3v) is 4.82. The van der Waals surface area contributed by atoms with E-state index in [-0.39, 0.29) is 5.78 Å². The van der Waals surface area contributed by atoms with E-state index < -0.39 is 0 Å². The highest BCUT2D eigenvalue weighted by Crippen LogP contribution is 2.35. The number of Topliss-reactive ketones (excluding diaryl/α,β-unsaturated/α-hetero) is 1. The van der Waals surface area contributed by atoms with E-state index in [1.807, 2.05) is 23.5 Å². The number of carbonyl (C=O) groups is 1. The maximum atomic E-state index is 11.6. The summed E-state index contributed by atoms with van der Waals surface area (Å²) in [6, 6.07) is 8.16. The third-order valence-electron chi connectivity index (χ3n) is 3.83. The van der Waals surface area contributed by atoms with Crippen molar-refractivity contribution in [2.24, 2.45) is 0 Å². The van der Waals surface area contributed by atoms with Crippen LogP contribution in [0.25, 0.3) is 0 Å². The van der Waals surface area contributed by atoms with Gasteiger partial charge in [0, 0.05) is 21.8 Å². The standard InChI is InChI=1S/C16H18N2OS/c1-10(19)13-9-11(5-6-14(13)17)18-15-3-2-4-16-12(15)7-8-20-16/h5-9,15,18H,2-4,17H2,1H3. The van der Waals surface area contributed by atoms with Gasteiger partial charge in [0.05, 0.1) is 6.04 Å². The molecule has 3 rings (SSSR count). The Morgan fingerprint density at radius 1 is 1.40 bits per heavy atom. The van der Waals surface area contributed by atoms with Crippen LogP contribution in [0.15, 0.2) is 29.6 Å². The van der Waals surface area contributed by atoms with Gasteiger partial charge in [0.1, 0.15) is 0 Å². The average molecular weight is 286 g/mol. The van der Waals surface area contributed by atoms with Gasteiger partial charge >= 0.3 is 0 Å². The molecular formula is C16H18N2OS. The zero-order valence-corrected chi connectivity index (χ0v) is 12.3. The van der Waals surface area contributed by atoms with E-state index in [0.717, 1.165) is 12.1 Å². The van der Waals surface area contributed by atoms with E-state index in [1.165, 1.54) is 23.3 Å². The van der Waals surface area contributed by atoms with Crippen LogP contribution in [0.1, 0.15) is 46.6 Å². The molecule has 1 aliphatic rings. The quantitative estimate of drug-likeness (QED) is 0.662. The second-order valence-electron chi connectivity index (χ2n) is 5.25. The molecule has 4 heteroatoms. The van der Waals surface area contributed by atoms with Gasteiger partial charge in [-0.15, -0.1) is 11.3 Å². The number of benzene rings is 1. The van der Waals surface area contributed by atoms with Crippen LogP contribution >= 0.6 is 11.3 Å². The van der Waals surface area contributed by atoms with Gasteiger partial charge in [0.15, 0.2) is 5.78 Å². The van der Waals surface area contributed by atoms with Crippen LogP contribution in [0.3, 0.4) is 0 Å². The number of fused-ring (bicyclic) bond motifs is 1. The maximum absolute atomic E-state index is 11.6. The molecule has 1 aliphatic carbocycles. The van der Waals surface area contributed by atoms with Gasteiger partial charge in [0.25, 0.3) is 0 Å². The van der Waals surface area contributed by atoms with Crippen LogP contribution in [0.2, 0.25) is 0 Å². The van der Waals surface area contributed by atoms with Gasteiger partial charge < -0.3 is 11.1 Å². The monoisotopic (exact) mass is 286 g/mol. The Bertz CT molecular complexity index is 648. The molecule has 1 unspecified atom stereocenters. The van der Waals surface area contributed by atoms with Crippen LogP contribution in [-0.4, -0.2) is 5.78 Å². The van der Waals surface area contributed by atoms with Gasteiger partial charge in [-0.1, -0.05) is 0 Å². The molecule has 0 saturated carbocycles. The predicted molar refractivity (Wildman–Crippen MR) is 84.5 cm³/mol. The fourth-order valence-corrected chi connectivity index (χ4v) is 3.78. The van der Waals surface area contributed by atoms with Crippen molar-refractivity contribution in [1.29, 1.82) is 0 Å². The van der Waals surface area contributed by atoms with Gasteiger partial charge in [-0.2, -0.15) is 0 Å². The van der Waals surface area contributed by atoms with E-state index in [9.17, 15) is 4.79 Å². The van der Waals surface area contributed by atoms with E-state index in [0.29, 0.717) is 17.3 Å². The third kappa shape index (κ3) is 2.43. The molecule has 20 heavy (non-hydrogen) atoms. The largest absolute Gasteiger partial charge is 0.398 e. The second-order valence-corrected chi connectivity index (χ2v) is 6.25. The molecule has 3 nitrogen and oxygen atoms in total. The van der Waals surface area contributed by atoms with Crippen molar-refractivity contribution in [1.82, 2.24) is 0 Å². The van der Waals surface area contributed by atoms with Crippen molar-refractivity contribution >= 4 is 28.5 Å². The molecule has 0 spiro atoms. The molecule has 1 aromatic carbocycles. The first-order chi connectivity index (χ1) is 9.65. The first-order valence-corrected chi connectivity index (χ1v) is 7.76. The molecule has 2 aromatic rings. The van der Waals surface area contributed by atoms with Crippen molar-refractivity contribution in [2.45, 2.75) is 32.2 Å². The van der Waals surface area contributed by atoms with Gasteiger partial charge in [-0.05, 0) is 61.4 Å². The minimum absolute atomic E-state index is 0.00557. The number of hydrogen-bond acceptors (Lipinski definition) is 4. The molecule has 0 bridgehead atoms. The van der Waals surface area contributed by atoms with Crippen LogP contribution in [-0.2, 0) is 6.42 Å². The van der Waals surface area contributed by atoms with E-state index >= 15 is 0 Å². The molecule has 0 fully saturated rings. The molecule has 1 atom stereocenters. The summed E-state index contributed by atoms with van der Waals surface area (Å²) in [7, 11) is 0. The van der Waals surface area contributed by atoms with Gasteiger partial charge in [-0.3, -0.25) is 4.79 Å². The summed E-state index contributed by atoms with van der Waals surface area (Å²) < 4.78 is 0. The number of ketones is 1. The lowest BCUT2D eigenvalue weighted by Crippen LogP contribution is -2.16. The molecule has 0 radical (unpaired) electrons. The molecule has 104 valence electrons. The zero-order valence-electron chi connectivity index (χ0n) is 11.5. The van der Waals surface area contributed by atoms with E-state index in [2.05, 4.69) is 16.8 Å². The summed E-state index contributed by atoms with van der Waals surface area (Å²) in [4.78, 5) is 13.0.